The quantitative estimate of drug-likeness (QED) is 0.947. The van der Waals surface area contributed by atoms with Crippen LogP contribution in [-0.2, 0) is 25.8 Å². The van der Waals surface area contributed by atoms with Crippen molar-refractivity contribution in [2.24, 2.45) is 0 Å². The largest absolute Gasteiger partial charge is 0.342 e. The lowest BCUT2D eigenvalue weighted by Gasteiger charge is -2.16. The molecular formula is C16H20N4OS. The molecule has 0 fully saturated rings. The van der Waals surface area contributed by atoms with Gasteiger partial charge >= 0.3 is 0 Å². The van der Waals surface area contributed by atoms with E-state index in [9.17, 15) is 4.79 Å². The van der Waals surface area contributed by atoms with Crippen LogP contribution in [0.25, 0.3) is 0 Å². The van der Waals surface area contributed by atoms with Crippen molar-refractivity contribution in [1.29, 1.82) is 0 Å². The van der Waals surface area contributed by atoms with E-state index in [1.807, 2.05) is 12.3 Å². The Morgan fingerprint density at radius 3 is 3.05 bits per heavy atom. The molecule has 0 saturated carbocycles. The van der Waals surface area contributed by atoms with Gasteiger partial charge in [-0.25, -0.2) is 0 Å². The second-order valence-corrected chi connectivity index (χ2v) is 7.15. The van der Waals surface area contributed by atoms with E-state index >= 15 is 0 Å². The summed E-state index contributed by atoms with van der Waals surface area (Å²) in [5, 5.41) is 13.6. The minimum absolute atomic E-state index is 0.0299. The van der Waals surface area contributed by atoms with E-state index in [4.69, 9.17) is 0 Å². The molecule has 0 saturated heterocycles. The van der Waals surface area contributed by atoms with Gasteiger partial charge in [0.2, 0.25) is 0 Å². The molecule has 3 heterocycles. The van der Waals surface area contributed by atoms with Crippen molar-refractivity contribution < 1.29 is 4.79 Å². The molecule has 2 aliphatic rings. The lowest BCUT2D eigenvalue weighted by atomic mass is 9.95. The SMILES string of the molecule is C[C@@H](NC(=O)c1csc2c1CCCC2)c1nnc2n1CCC2. The molecule has 5 nitrogen and oxygen atoms in total. The van der Waals surface area contributed by atoms with Gasteiger partial charge < -0.3 is 9.88 Å². The Hall–Kier alpha value is -1.69. The third kappa shape index (κ3) is 2.26. The Morgan fingerprint density at radius 2 is 2.14 bits per heavy atom. The highest BCUT2D eigenvalue weighted by Crippen LogP contribution is 2.30. The molecule has 1 N–H and O–H groups in total. The highest BCUT2D eigenvalue weighted by atomic mass is 32.1. The van der Waals surface area contributed by atoms with Crippen LogP contribution in [0, 0.1) is 0 Å². The fourth-order valence-electron chi connectivity index (χ4n) is 3.52. The molecule has 116 valence electrons. The van der Waals surface area contributed by atoms with E-state index in [0.29, 0.717) is 0 Å². The number of carbonyl (C=O) groups excluding carboxylic acids is 1. The van der Waals surface area contributed by atoms with E-state index in [2.05, 4.69) is 20.1 Å². The Bertz CT molecular complexity index is 718. The van der Waals surface area contributed by atoms with Crippen LogP contribution in [-0.4, -0.2) is 20.7 Å². The second-order valence-electron chi connectivity index (χ2n) is 6.18. The van der Waals surface area contributed by atoms with Crippen LogP contribution in [0.5, 0.6) is 0 Å². The second kappa shape index (κ2) is 5.50. The average Bonchev–Trinajstić information content (AvgIpc) is 3.21. The molecule has 2 aromatic heterocycles. The van der Waals surface area contributed by atoms with Gasteiger partial charge in [-0.15, -0.1) is 21.5 Å². The lowest BCUT2D eigenvalue weighted by Crippen LogP contribution is -2.29. The van der Waals surface area contributed by atoms with Crippen molar-refractivity contribution >= 4 is 17.2 Å². The molecule has 0 unspecified atom stereocenters. The topological polar surface area (TPSA) is 59.8 Å². The first-order chi connectivity index (χ1) is 10.7. The maximum atomic E-state index is 12.6. The molecule has 0 radical (unpaired) electrons. The van der Waals surface area contributed by atoms with Crippen molar-refractivity contribution in [3.63, 3.8) is 0 Å². The molecule has 0 spiro atoms. The van der Waals surface area contributed by atoms with Gasteiger partial charge in [0.05, 0.1) is 11.6 Å². The van der Waals surface area contributed by atoms with Crippen LogP contribution in [0.3, 0.4) is 0 Å². The van der Waals surface area contributed by atoms with E-state index in [-0.39, 0.29) is 11.9 Å². The summed E-state index contributed by atoms with van der Waals surface area (Å²) in [4.78, 5) is 14.0. The molecule has 1 atom stereocenters. The van der Waals surface area contributed by atoms with Gasteiger partial charge in [0.15, 0.2) is 5.82 Å². The summed E-state index contributed by atoms with van der Waals surface area (Å²) in [6.45, 7) is 2.96. The zero-order valence-corrected chi connectivity index (χ0v) is 13.6. The number of aromatic nitrogens is 3. The van der Waals surface area contributed by atoms with E-state index in [1.54, 1.807) is 11.3 Å². The monoisotopic (exact) mass is 316 g/mol. The normalized spacial score (nSPS) is 17.9. The highest BCUT2D eigenvalue weighted by molar-refractivity contribution is 7.10. The molecule has 22 heavy (non-hydrogen) atoms. The predicted octanol–water partition coefficient (Wildman–Crippen LogP) is 2.66. The van der Waals surface area contributed by atoms with Crippen molar-refractivity contribution in [3.05, 3.63) is 33.0 Å². The number of hydrogen-bond donors (Lipinski definition) is 1. The number of fused-ring (bicyclic) bond motifs is 2. The summed E-state index contributed by atoms with van der Waals surface area (Å²) in [6, 6.07) is -0.106. The summed E-state index contributed by atoms with van der Waals surface area (Å²) < 4.78 is 2.15. The number of thiophene rings is 1. The molecule has 0 aromatic carbocycles. The summed E-state index contributed by atoms with van der Waals surface area (Å²) >= 11 is 1.73. The fraction of sp³-hybridized carbons (Fsp3) is 0.562. The van der Waals surface area contributed by atoms with Gasteiger partial charge in [-0.1, -0.05) is 0 Å². The Kier molecular flexibility index (Phi) is 3.48. The Balaban J connectivity index is 1.53. The molecule has 1 aliphatic heterocycles. The smallest absolute Gasteiger partial charge is 0.252 e. The molecule has 0 bridgehead atoms. The Morgan fingerprint density at radius 1 is 1.27 bits per heavy atom. The van der Waals surface area contributed by atoms with Crippen LogP contribution in [0.1, 0.15) is 64.7 Å². The van der Waals surface area contributed by atoms with Gasteiger partial charge in [0, 0.05) is 23.2 Å². The van der Waals surface area contributed by atoms with Crippen LogP contribution < -0.4 is 5.32 Å². The zero-order chi connectivity index (χ0) is 15.1. The maximum absolute atomic E-state index is 12.6. The molecule has 6 heteroatoms. The summed E-state index contributed by atoms with van der Waals surface area (Å²) in [5.74, 6) is 1.95. The molecule has 2 aromatic rings. The molecule has 1 aliphatic carbocycles. The molecular weight excluding hydrogens is 296 g/mol. The fourth-order valence-corrected chi connectivity index (χ4v) is 4.64. The first kappa shape index (κ1) is 13.9. The minimum Gasteiger partial charge on any atom is -0.342 e. The van der Waals surface area contributed by atoms with Crippen molar-refractivity contribution in [2.75, 3.05) is 0 Å². The first-order valence-corrected chi connectivity index (χ1v) is 8.94. The Labute approximate surface area is 133 Å². The third-order valence-electron chi connectivity index (χ3n) is 4.68. The van der Waals surface area contributed by atoms with Crippen LogP contribution >= 0.6 is 11.3 Å². The van der Waals surface area contributed by atoms with Crippen molar-refractivity contribution in [3.8, 4) is 0 Å². The van der Waals surface area contributed by atoms with Gasteiger partial charge in [-0.05, 0) is 44.6 Å². The number of carbonyl (C=O) groups is 1. The van der Waals surface area contributed by atoms with Crippen molar-refractivity contribution in [1.82, 2.24) is 20.1 Å². The van der Waals surface area contributed by atoms with Gasteiger partial charge in [-0.3, -0.25) is 4.79 Å². The average molecular weight is 316 g/mol. The number of amides is 1. The lowest BCUT2D eigenvalue weighted by molar-refractivity contribution is 0.0937. The first-order valence-electron chi connectivity index (χ1n) is 8.06. The van der Waals surface area contributed by atoms with Crippen LogP contribution in [0.15, 0.2) is 5.38 Å². The minimum atomic E-state index is -0.106. The zero-order valence-electron chi connectivity index (χ0n) is 12.8. The third-order valence-corrected chi connectivity index (χ3v) is 5.77. The summed E-state index contributed by atoms with van der Waals surface area (Å²) in [5.41, 5.74) is 2.14. The van der Waals surface area contributed by atoms with Gasteiger partial charge in [-0.2, -0.15) is 0 Å². The van der Waals surface area contributed by atoms with E-state index < -0.39 is 0 Å². The number of aryl methyl sites for hydroxylation is 2. The standard InChI is InChI=1S/C16H20N4OS/c1-10(15-19-18-14-7-4-8-20(14)15)17-16(21)12-9-22-13-6-3-2-5-11(12)13/h9-10H,2-8H2,1H3,(H,17,21)/t10-/m1/s1. The number of hydrogen-bond acceptors (Lipinski definition) is 4. The predicted molar refractivity (Wildman–Crippen MR) is 85.2 cm³/mol. The highest BCUT2D eigenvalue weighted by Gasteiger charge is 2.25. The number of nitrogens with one attached hydrogen (secondary N) is 1. The number of rotatable bonds is 3. The summed E-state index contributed by atoms with van der Waals surface area (Å²) in [6.07, 6.45) is 6.72. The molecule has 4 rings (SSSR count). The number of nitrogens with zero attached hydrogens (tertiary/aromatic N) is 3. The van der Waals surface area contributed by atoms with E-state index in [1.165, 1.54) is 23.3 Å². The van der Waals surface area contributed by atoms with E-state index in [0.717, 1.165) is 49.4 Å². The molecule has 1 amide bonds. The van der Waals surface area contributed by atoms with Gasteiger partial charge in [0.25, 0.3) is 5.91 Å². The van der Waals surface area contributed by atoms with Gasteiger partial charge in [0.1, 0.15) is 5.82 Å². The van der Waals surface area contributed by atoms with Crippen LogP contribution in [0.2, 0.25) is 0 Å². The van der Waals surface area contributed by atoms with Crippen LogP contribution in [0.4, 0.5) is 0 Å². The maximum Gasteiger partial charge on any atom is 0.252 e. The van der Waals surface area contributed by atoms with Crippen molar-refractivity contribution in [2.45, 2.75) is 58.0 Å². The summed E-state index contributed by atoms with van der Waals surface area (Å²) in [7, 11) is 0.